The van der Waals surface area contributed by atoms with Crippen molar-refractivity contribution in [1.29, 1.82) is 0 Å². The van der Waals surface area contributed by atoms with Crippen LogP contribution in [0.25, 0.3) is 0 Å². The molecule has 0 amide bonds. The standard InChI is InChI=1S/C16H32O4/c1-6-8-9-14(7-2)10-19-11-15(17)13(5)20-16(18)12(3)4/h12-15,17H,6-11H2,1-5H3. The van der Waals surface area contributed by atoms with E-state index in [4.69, 9.17) is 9.47 Å². The van der Waals surface area contributed by atoms with Crippen molar-refractivity contribution in [2.75, 3.05) is 13.2 Å². The van der Waals surface area contributed by atoms with Crippen LogP contribution in [-0.2, 0) is 14.3 Å². The first kappa shape index (κ1) is 19.4. The van der Waals surface area contributed by atoms with Gasteiger partial charge in [-0.05, 0) is 19.3 Å². The summed E-state index contributed by atoms with van der Waals surface area (Å²) in [5.41, 5.74) is 0. The molecule has 0 bridgehead atoms. The molecule has 1 N–H and O–H groups in total. The summed E-state index contributed by atoms with van der Waals surface area (Å²) >= 11 is 0. The SMILES string of the molecule is CCCCC(CC)COCC(O)C(C)OC(=O)C(C)C. The van der Waals surface area contributed by atoms with Crippen LogP contribution in [0, 0.1) is 11.8 Å². The maximum absolute atomic E-state index is 11.4. The molecule has 4 nitrogen and oxygen atoms in total. The molecule has 0 aliphatic carbocycles. The van der Waals surface area contributed by atoms with E-state index in [1.54, 1.807) is 20.8 Å². The first-order chi connectivity index (χ1) is 9.42. The first-order valence-electron chi connectivity index (χ1n) is 7.88. The zero-order valence-corrected chi connectivity index (χ0v) is 13.7. The highest BCUT2D eigenvalue weighted by molar-refractivity contribution is 5.71. The van der Waals surface area contributed by atoms with Crippen LogP contribution in [0.5, 0.6) is 0 Å². The van der Waals surface area contributed by atoms with Gasteiger partial charge in [-0.1, -0.05) is 47.0 Å². The third-order valence-electron chi connectivity index (χ3n) is 3.50. The molecule has 0 heterocycles. The van der Waals surface area contributed by atoms with Gasteiger partial charge in [0.05, 0.1) is 12.5 Å². The van der Waals surface area contributed by atoms with E-state index in [0.717, 1.165) is 6.42 Å². The molecule has 0 aliphatic heterocycles. The van der Waals surface area contributed by atoms with Gasteiger partial charge in [0.2, 0.25) is 0 Å². The van der Waals surface area contributed by atoms with E-state index in [2.05, 4.69) is 13.8 Å². The lowest BCUT2D eigenvalue weighted by atomic mass is 10.0. The second-order valence-corrected chi connectivity index (χ2v) is 5.82. The molecule has 0 aromatic carbocycles. The molecule has 3 atom stereocenters. The Balaban J connectivity index is 3.90. The number of esters is 1. The predicted molar refractivity (Wildman–Crippen MR) is 80.5 cm³/mol. The molecular weight excluding hydrogens is 256 g/mol. The van der Waals surface area contributed by atoms with Crippen LogP contribution < -0.4 is 0 Å². The van der Waals surface area contributed by atoms with Gasteiger partial charge in [-0.25, -0.2) is 0 Å². The highest BCUT2D eigenvalue weighted by Crippen LogP contribution is 2.13. The van der Waals surface area contributed by atoms with Crippen LogP contribution in [-0.4, -0.2) is 36.5 Å². The van der Waals surface area contributed by atoms with Crippen LogP contribution in [0.3, 0.4) is 0 Å². The van der Waals surface area contributed by atoms with Crippen LogP contribution in [0.4, 0.5) is 0 Å². The molecule has 0 rings (SSSR count). The van der Waals surface area contributed by atoms with E-state index in [9.17, 15) is 9.90 Å². The average Bonchev–Trinajstić information content (AvgIpc) is 2.41. The Morgan fingerprint density at radius 3 is 2.30 bits per heavy atom. The average molecular weight is 288 g/mol. The predicted octanol–water partition coefficient (Wildman–Crippen LogP) is 3.17. The lowest BCUT2D eigenvalue weighted by molar-refractivity contribution is -0.159. The number of ether oxygens (including phenoxy) is 2. The smallest absolute Gasteiger partial charge is 0.308 e. The summed E-state index contributed by atoms with van der Waals surface area (Å²) in [5, 5.41) is 9.91. The Hall–Kier alpha value is -0.610. The molecule has 0 spiro atoms. The highest BCUT2D eigenvalue weighted by Gasteiger charge is 2.20. The number of hydrogen-bond acceptors (Lipinski definition) is 4. The van der Waals surface area contributed by atoms with E-state index < -0.39 is 12.2 Å². The van der Waals surface area contributed by atoms with Crippen LogP contribution >= 0.6 is 0 Å². The maximum Gasteiger partial charge on any atom is 0.308 e. The van der Waals surface area contributed by atoms with Gasteiger partial charge in [0.15, 0.2) is 0 Å². The van der Waals surface area contributed by atoms with Crippen LogP contribution in [0.1, 0.15) is 60.3 Å². The summed E-state index contributed by atoms with van der Waals surface area (Å²) in [5.74, 6) is 0.0886. The second kappa shape index (κ2) is 11.1. The summed E-state index contributed by atoms with van der Waals surface area (Å²) in [7, 11) is 0. The van der Waals surface area contributed by atoms with Gasteiger partial charge in [-0.2, -0.15) is 0 Å². The number of carbonyl (C=O) groups excluding carboxylic acids is 1. The normalized spacial score (nSPS) is 15.9. The number of rotatable bonds is 11. The number of aliphatic hydroxyl groups excluding tert-OH is 1. The number of carbonyl (C=O) groups is 1. The van der Waals surface area contributed by atoms with Crippen molar-refractivity contribution in [3.63, 3.8) is 0 Å². The Kier molecular flexibility index (Phi) is 10.8. The van der Waals surface area contributed by atoms with Crippen LogP contribution in [0.2, 0.25) is 0 Å². The molecule has 0 fully saturated rings. The van der Waals surface area contributed by atoms with Gasteiger partial charge >= 0.3 is 5.97 Å². The monoisotopic (exact) mass is 288 g/mol. The molecular formula is C16H32O4. The Morgan fingerprint density at radius 2 is 1.80 bits per heavy atom. The van der Waals surface area contributed by atoms with E-state index >= 15 is 0 Å². The summed E-state index contributed by atoms with van der Waals surface area (Å²) in [6.45, 7) is 10.5. The van der Waals surface area contributed by atoms with Gasteiger partial charge in [0.1, 0.15) is 12.2 Å². The quantitative estimate of drug-likeness (QED) is 0.593. The summed E-state index contributed by atoms with van der Waals surface area (Å²) in [6.07, 6.45) is 3.38. The lowest BCUT2D eigenvalue weighted by Gasteiger charge is -2.22. The van der Waals surface area contributed by atoms with Gasteiger partial charge < -0.3 is 14.6 Å². The second-order valence-electron chi connectivity index (χ2n) is 5.82. The number of aliphatic hydroxyl groups is 1. The molecule has 0 saturated carbocycles. The molecule has 20 heavy (non-hydrogen) atoms. The third kappa shape index (κ3) is 8.54. The molecule has 0 aliphatic rings. The minimum atomic E-state index is -0.763. The fraction of sp³-hybridized carbons (Fsp3) is 0.938. The molecule has 0 aromatic heterocycles. The molecule has 0 saturated heterocycles. The molecule has 0 radical (unpaired) electrons. The summed E-state index contributed by atoms with van der Waals surface area (Å²) < 4.78 is 10.7. The Bertz CT molecular complexity index is 253. The molecule has 4 heteroatoms. The van der Waals surface area contributed by atoms with Crippen molar-refractivity contribution < 1.29 is 19.4 Å². The third-order valence-corrected chi connectivity index (χ3v) is 3.50. The fourth-order valence-corrected chi connectivity index (χ4v) is 1.79. The minimum Gasteiger partial charge on any atom is -0.460 e. The van der Waals surface area contributed by atoms with Crippen molar-refractivity contribution in [3.8, 4) is 0 Å². The number of unbranched alkanes of at least 4 members (excludes halogenated alkanes) is 1. The van der Waals surface area contributed by atoms with Gasteiger partial charge in [0, 0.05) is 6.61 Å². The van der Waals surface area contributed by atoms with Crippen LogP contribution in [0.15, 0.2) is 0 Å². The Labute approximate surface area is 123 Å². The summed E-state index contributed by atoms with van der Waals surface area (Å²) in [6, 6.07) is 0. The van der Waals surface area contributed by atoms with Crippen molar-refractivity contribution in [2.24, 2.45) is 11.8 Å². The molecule has 0 aromatic rings. The van der Waals surface area contributed by atoms with Gasteiger partial charge in [-0.3, -0.25) is 4.79 Å². The van der Waals surface area contributed by atoms with E-state index in [1.807, 2.05) is 0 Å². The first-order valence-corrected chi connectivity index (χ1v) is 7.88. The van der Waals surface area contributed by atoms with Crippen molar-refractivity contribution in [1.82, 2.24) is 0 Å². The van der Waals surface area contributed by atoms with Crippen molar-refractivity contribution in [3.05, 3.63) is 0 Å². The molecule has 120 valence electrons. The highest BCUT2D eigenvalue weighted by atomic mass is 16.6. The van der Waals surface area contributed by atoms with E-state index in [0.29, 0.717) is 12.5 Å². The summed E-state index contributed by atoms with van der Waals surface area (Å²) in [4.78, 5) is 11.4. The topological polar surface area (TPSA) is 55.8 Å². The van der Waals surface area contributed by atoms with Gasteiger partial charge in [0.25, 0.3) is 0 Å². The van der Waals surface area contributed by atoms with E-state index in [1.165, 1.54) is 19.3 Å². The zero-order chi connectivity index (χ0) is 15.5. The largest absolute Gasteiger partial charge is 0.460 e. The lowest BCUT2D eigenvalue weighted by Crippen LogP contribution is -2.34. The fourth-order valence-electron chi connectivity index (χ4n) is 1.79. The minimum absolute atomic E-state index is 0.177. The van der Waals surface area contributed by atoms with Gasteiger partial charge in [-0.15, -0.1) is 0 Å². The maximum atomic E-state index is 11.4. The molecule has 3 unspecified atom stereocenters. The number of hydrogen-bond donors (Lipinski definition) is 1. The Morgan fingerprint density at radius 1 is 1.15 bits per heavy atom. The van der Waals surface area contributed by atoms with Crippen molar-refractivity contribution >= 4 is 5.97 Å². The van der Waals surface area contributed by atoms with Crippen molar-refractivity contribution in [2.45, 2.75) is 72.5 Å². The zero-order valence-electron chi connectivity index (χ0n) is 13.7. The van der Waals surface area contributed by atoms with E-state index in [-0.39, 0.29) is 18.5 Å².